The van der Waals surface area contributed by atoms with Gasteiger partial charge in [0.15, 0.2) is 0 Å². The monoisotopic (exact) mass is 237 g/mol. The van der Waals surface area contributed by atoms with E-state index in [0.717, 1.165) is 0 Å². The molecule has 0 aromatic heterocycles. The maximum atomic E-state index is 10.8. The van der Waals surface area contributed by atoms with Gasteiger partial charge in [0.2, 0.25) is 0 Å². The number of esters is 1. The molecule has 0 aliphatic rings. The summed E-state index contributed by atoms with van der Waals surface area (Å²) in [4.78, 5) is 10.8. The summed E-state index contributed by atoms with van der Waals surface area (Å²) < 4.78 is 20.4. The van der Waals surface area contributed by atoms with E-state index in [4.69, 9.17) is 4.74 Å². The Hall–Kier alpha value is -0.460. The van der Waals surface area contributed by atoms with Gasteiger partial charge in [0.05, 0.1) is 13.2 Å². The molecular formula is C9H19NO4S. The predicted molar refractivity (Wildman–Crippen MR) is 59.3 cm³/mol. The van der Waals surface area contributed by atoms with Crippen LogP contribution in [0.4, 0.5) is 0 Å². The fraction of sp³-hybridized carbons (Fsp3) is 0.889. The first-order valence-electron chi connectivity index (χ1n) is 4.91. The highest BCUT2D eigenvalue weighted by atomic mass is 32.2. The molecule has 0 spiro atoms. The Morgan fingerprint density at radius 3 is 2.73 bits per heavy atom. The Labute approximate surface area is 93.0 Å². The number of nitrogens with one attached hydrogen (secondary N) is 1. The quantitative estimate of drug-likeness (QED) is 0.434. The molecule has 0 heterocycles. The molecule has 0 saturated heterocycles. The maximum absolute atomic E-state index is 10.8. The molecular weight excluding hydrogens is 218 g/mol. The van der Waals surface area contributed by atoms with Crippen LogP contribution in [0.1, 0.15) is 6.92 Å². The Morgan fingerprint density at radius 1 is 1.40 bits per heavy atom. The van der Waals surface area contributed by atoms with Gasteiger partial charge < -0.3 is 14.8 Å². The highest BCUT2D eigenvalue weighted by Gasteiger charge is 2.00. The van der Waals surface area contributed by atoms with Gasteiger partial charge >= 0.3 is 5.97 Å². The molecule has 15 heavy (non-hydrogen) atoms. The minimum absolute atomic E-state index is 0.00473. The lowest BCUT2D eigenvalue weighted by molar-refractivity contribution is -0.148. The molecule has 5 nitrogen and oxygen atoms in total. The molecule has 0 rings (SSSR count). The van der Waals surface area contributed by atoms with Gasteiger partial charge in [-0.2, -0.15) is 0 Å². The first kappa shape index (κ1) is 14.5. The molecule has 1 unspecified atom stereocenters. The molecule has 0 fully saturated rings. The molecule has 0 amide bonds. The van der Waals surface area contributed by atoms with E-state index in [1.54, 1.807) is 13.2 Å². The predicted octanol–water partition coefficient (Wildman–Crippen LogP) is -0.466. The Kier molecular flexibility index (Phi) is 9.76. The molecule has 0 aliphatic carbocycles. The van der Waals surface area contributed by atoms with Crippen LogP contribution < -0.4 is 5.32 Å². The van der Waals surface area contributed by atoms with Crippen LogP contribution in [-0.2, 0) is 25.1 Å². The fourth-order valence-corrected chi connectivity index (χ4v) is 1.28. The molecule has 1 atom stereocenters. The second-order valence-corrected chi connectivity index (χ2v) is 4.44. The zero-order valence-corrected chi connectivity index (χ0v) is 10.1. The minimum atomic E-state index is -0.760. The van der Waals surface area contributed by atoms with Crippen LogP contribution in [-0.4, -0.2) is 55.1 Å². The lowest BCUT2D eigenvalue weighted by Crippen LogP contribution is -2.25. The molecule has 0 saturated carbocycles. The van der Waals surface area contributed by atoms with Gasteiger partial charge in [-0.05, 0) is 6.92 Å². The van der Waals surface area contributed by atoms with Gasteiger partial charge in [-0.3, -0.25) is 4.21 Å². The van der Waals surface area contributed by atoms with E-state index in [0.29, 0.717) is 32.1 Å². The third kappa shape index (κ3) is 11.5. The summed E-state index contributed by atoms with van der Waals surface area (Å²) >= 11 is 0. The van der Waals surface area contributed by atoms with Crippen molar-refractivity contribution in [1.29, 1.82) is 0 Å². The van der Waals surface area contributed by atoms with Crippen LogP contribution in [0, 0.1) is 0 Å². The Balaban J connectivity index is 3.11. The van der Waals surface area contributed by atoms with Crippen molar-refractivity contribution in [3.8, 4) is 0 Å². The van der Waals surface area contributed by atoms with Crippen molar-refractivity contribution < 1.29 is 18.5 Å². The number of rotatable bonds is 9. The number of carbonyl (C=O) groups excluding carboxylic acids is 1. The van der Waals surface area contributed by atoms with Gasteiger partial charge in [-0.1, -0.05) is 0 Å². The summed E-state index contributed by atoms with van der Waals surface area (Å²) in [6, 6.07) is 0. The van der Waals surface area contributed by atoms with Gasteiger partial charge in [-0.15, -0.1) is 0 Å². The Morgan fingerprint density at radius 2 is 2.13 bits per heavy atom. The zero-order chi connectivity index (χ0) is 11.5. The molecule has 0 bridgehead atoms. The summed E-state index contributed by atoms with van der Waals surface area (Å²) in [5.41, 5.74) is 0. The average Bonchev–Trinajstić information content (AvgIpc) is 2.16. The SMILES string of the molecule is CCOC(=O)COCCNCCS(C)=O. The smallest absolute Gasteiger partial charge is 0.332 e. The minimum Gasteiger partial charge on any atom is -0.464 e. The normalized spacial score (nSPS) is 12.4. The van der Waals surface area contributed by atoms with Crippen molar-refractivity contribution in [3.05, 3.63) is 0 Å². The molecule has 0 aromatic carbocycles. The van der Waals surface area contributed by atoms with Gasteiger partial charge in [0, 0.05) is 35.9 Å². The fourth-order valence-electron chi connectivity index (χ4n) is 0.843. The van der Waals surface area contributed by atoms with Gasteiger partial charge in [-0.25, -0.2) is 4.79 Å². The van der Waals surface area contributed by atoms with E-state index >= 15 is 0 Å². The maximum Gasteiger partial charge on any atom is 0.332 e. The highest BCUT2D eigenvalue weighted by molar-refractivity contribution is 7.84. The largest absolute Gasteiger partial charge is 0.464 e. The van der Waals surface area contributed by atoms with Crippen molar-refractivity contribution >= 4 is 16.8 Å². The molecule has 90 valence electrons. The van der Waals surface area contributed by atoms with E-state index < -0.39 is 10.8 Å². The van der Waals surface area contributed by atoms with Crippen LogP contribution in [0.2, 0.25) is 0 Å². The van der Waals surface area contributed by atoms with Crippen LogP contribution in [0.25, 0.3) is 0 Å². The molecule has 0 radical (unpaired) electrons. The van der Waals surface area contributed by atoms with Crippen molar-refractivity contribution in [2.24, 2.45) is 0 Å². The molecule has 1 N–H and O–H groups in total. The van der Waals surface area contributed by atoms with E-state index in [2.05, 4.69) is 10.1 Å². The Bertz CT molecular complexity index is 199. The first-order chi connectivity index (χ1) is 7.16. The van der Waals surface area contributed by atoms with Crippen molar-refractivity contribution in [2.75, 3.05) is 44.9 Å². The average molecular weight is 237 g/mol. The van der Waals surface area contributed by atoms with Crippen LogP contribution in [0.3, 0.4) is 0 Å². The second kappa shape index (κ2) is 10.1. The number of hydrogen-bond acceptors (Lipinski definition) is 5. The van der Waals surface area contributed by atoms with E-state index in [9.17, 15) is 9.00 Å². The van der Waals surface area contributed by atoms with Crippen LogP contribution in [0.15, 0.2) is 0 Å². The van der Waals surface area contributed by atoms with Crippen molar-refractivity contribution in [2.45, 2.75) is 6.92 Å². The van der Waals surface area contributed by atoms with E-state index in [1.165, 1.54) is 0 Å². The molecule has 0 aliphatic heterocycles. The van der Waals surface area contributed by atoms with Crippen LogP contribution >= 0.6 is 0 Å². The highest BCUT2D eigenvalue weighted by Crippen LogP contribution is 1.80. The molecule has 0 aromatic rings. The summed E-state index contributed by atoms with van der Waals surface area (Å²) in [7, 11) is -0.760. The van der Waals surface area contributed by atoms with Crippen molar-refractivity contribution in [3.63, 3.8) is 0 Å². The third-order valence-electron chi connectivity index (χ3n) is 1.51. The van der Waals surface area contributed by atoms with E-state index in [-0.39, 0.29) is 12.6 Å². The molecule has 6 heteroatoms. The van der Waals surface area contributed by atoms with E-state index in [1.807, 2.05) is 0 Å². The summed E-state index contributed by atoms with van der Waals surface area (Å²) in [5.74, 6) is 0.296. The lowest BCUT2D eigenvalue weighted by atomic mass is 10.6. The lowest BCUT2D eigenvalue weighted by Gasteiger charge is -2.05. The number of ether oxygens (including phenoxy) is 2. The van der Waals surface area contributed by atoms with Crippen molar-refractivity contribution in [1.82, 2.24) is 5.32 Å². The summed E-state index contributed by atoms with van der Waals surface area (Å²) in [6.07, 6.45) is 1.67. The summed E-state index contributed by atoms with van der Waals surface area (Å²) in [5, 5.41) is 3.05. The topological polar surface area (TPSA) is 64.6 Å². The zero-order valence-electron chi connectivity index (χ0n) is 9.28. The van der Waals surface area contributed by atoms with Gasteiger partial charge in [0.25, 0.3) is 0 Å². The van der Waals surface area contributed by atoms with Crippen LogP contribution in [0.5, 0.6) is 0 Å². The third-order valence-corrected chi connectivity index (χ3v) is 2.29. The number of carbonyl (C=O) groups is 1. The van der Waals surface area contributed by atoms with Gasteiger partial charge in [0.1, 0.15) is 6.61 Å². The number of hydrogen-bond donors (Lipinski definition) is 1. The standard InChI is InChI=1S/C9H19NO4S/c1-3-14-9(11)8-13-6-4-10-5-7-15(2)12/h10H,3-8H2,1-2H3. The first-order valence-corrected chi connectivity index (χ1v) is 6.63. The summed E-state index contributed by atoms with van der Waals surface area (Å²) in [6.45, 7) is 3.93. The second-order valence-electron chi connectivity index (χ2n) is 2.88.